The Morgan fingerprint density at radius 3 is 2.78 bits per heavy atom. The molecule has 1 aliphatic heterocycles. The van der Waals surface area contributed by atoms with Gasteiger partial charge in [-0.05, 0) is 0 Å². The minimum atomic E-state index is -2.62. The number of hydrogen-bond acceptors (Lipinski definition) is 4. The van der Waals surface area contributed by atoms with Crippen LogP contribution in [0, 0.1) is 0 Å². The molecule has 0 aromatic rings. The van der Waals surface area contributed by atoms with Gasteiger partial charge in [-0.3, -0.25) is 9.59 Å². The Hall–Kier alpha value is -0.890. The van der Waals surface area contributed by atoms with Gasteiger partial charge < -0.3 is 14.9 Å². The van der Waals surface area contributed by atoms with Crippen molar-refractivity contribution in [2.75, 3.05) is 38.5 Å². The molecule has 0 aromatic carbocycles. The first-order valence-corrected chi connectivity index (χ1v) is 6.61. The monoisotopic (exact) mass is 282 g/mol. The highest BCUT2D eigenvalue weighted by Gasteiger charge is 2.23. The quantitative estimate of drug-likeness (QED) is 0.744. The predicted octanol–water partition coefficient (Wildman–Crippen LogP) is 0.631. The summed E-state index contributed by atoms with van der Waals surface area (Å²) in [6, 6.07) is 0. The second-order valence-electron chi connectivity index (χ2n) is 3.81. The van der Waals surface area contributed by atoms with Gasteiger partial charge in [0.2, 0.25) is 5.91 Å². The first kappa shape index (κ1) is 15.2. The number of aliphatic hydroxyl groups is 1. The Kier molecular flexibility index (Phi) is 6.34. The Morgan fingerprint density at radius 1 is 1.56 bits per heavy atom. The van der Waals surface area contributed by atoms with Crippen LogP contribution in [0.3, 0.4) is 0 Å². The molecular formula is C10H16F2N2O3S. The molecule has 5 nitrogen and oxygen atoms in total. The number of amides is 2. The summed E-state index contributed by atoms with van der Waals surface area (Å²) in [7, 11) is 0. The predicted molar refractivity (Wildman–Crippen MR) is 63.7 cm³/mol. The van der Waals surface area contributed by atoms with Crippen LogP contribution in [0.25, 0.3) is 0 Å². The molecule has 0 spiro atoms. The third-order valence-corrected chi connectivity index (χ3v) is 3.41. The van der Waals surface area contributed by atoms with Crippen molar-refractivity contribution in [1.82, 2.24) is 9.80 Å². The summed E-state index contributed by atoms with van der Waals surface area (Å²) in [6.07, 6.45) is -2.61. The molecule has 0 atom stereocenters. The van der Waals surface area contributed by atoms with Crippen molar-refractivity contribution >= 4 is 22.9 Å². The molecule has 0 saturated carbocycles. The van der Waals surface area contributed by atoms with Crippen LogP contribution in [0.1, 0.15) is 6.42 Å². The summed E-state index contributed by atoms with van der Waals surface area (Å²) < 4.78 is 24.5. The van der Waals surface area contributed by atoms with Crippen molar-refractivity contribution in [2.24, 2.45) is 0 Å². The van der Waals surface area contributed by atoms with Crippen LogP contribution in [-0.2, 0) is 4.79 Å². The zero-order valence-corrected chi connectivity index (χ0v) is 10.7. The molecule has 104 valence electrons. The Balaban J connectivity index is 2.38. The summed E-state index contributed by atoms with van der Waals surface area (Å²) in [6.45, 7) is -0.299. The lowest BCUT2D eigenvalue weighted by Crippen LogP contribution is -2.39. The van der Waals surface area contributed by atoms with Gasteiger partial charge in [0.15, 0.2) is 0 Å². The van der Waals surface area contributed by atoms with Gasteiger partial charge in [0.1, 0.15) is 0 Å². The third-order valence-electron chi connectivity index (χ3n) is 2.52. The third kappa shape index (κ3) is 4.77. The summed E-state index contributed by atoms with van der Waals surface area (Å²) in [5.41, 5.74) is 0. The lowest BCUT2D eigenvalue weighted by molar-refractivity contribution is -0.133. The van der Waals surface area contributed by atoms with E-state index in [2.05, 4.69) is 0 Å². The van der Waals surface area contributed by atoms with Crippen LogP contribution < -0.4 is 0 Å². The van der Waals surface area contributed by atoms with E-state index in [1.165, 1.54) is 16.7 Å². The molecule has 1 aliphatic rings. The second-order valence-corrected chi connectivity index (χ2v) is 4.85. The van der Waals surface area contributed by atoms with Gasteiger partial charge in [0.05, 0.1) is 13.2 Å². The SMILES string of the molecule is O=C(CCN1CCSC1=O)N(CCO)CC(F)F. The zero-order chi connectivity index (χ0) is 13.5. The summed E-state index contributed by atoms with van der Waals surface area (Å²) in [5, 5.41) is 8.64. The average Bonchev–Trinajstić information content (AvgIpc) is 2.70. The number of halogens is 2. The van der Waals surface area contributed by atoms with Crippen molar-refractivity contribution in [3.05, 3.63) is 0 Å². The fourth-order valence-corrected chi connectivity index (χ4v) is 2.47. The van der Waals surface area contributed by atoms with Crippen LogP contribution in [0.4, 0.5) is 13.6 Å². The Bertz CT molecular complexity index is 305. The van der Waals surface area contributed by atoms with Gasteiger partial charge >= 0.3 is 0 Å². The fourth-order valence-electron chi connectivity index (χ4n) is 1.62. The molecule has 1 heterocycles. The highest BCUT2D eigenvalue weighted by molar-refractivity contribution is 8.13. The van der Waals surface area contributed by atoms with Gasteiger partial charge in [0, 0.05) is 31.8 Å². The van der Waals surface area contributed by atoms with Crippen LogP contribution in [-0.4, -0.2) is 71.0 Å². The number of thioether (sulfide) groups is 1. The molecule has 1 fully saturated rings. The van der Waals surface area contributed by atoms with Crippen molar-refractivity contribution < 1.29 is 23.5 Å². The molecule has 1 N–H and O–H groups in total. The van der Waals surface area contributed by atoms with E-state index in [9.17, 15) is 18.4 Å². The van der Waals surface area contributed by atoms with E-state index in [-0.39, 0.29) is 31.4 Å². The highest BCUT2D eigenvalue weighted by atomic mass is 32.2. The van der Waals surface area contributed by atoms with E-state index < -0.39 is 18.9 Å². The van der Waals surface area contributed by atoms with E-state index in [0.717, 1.165) is 4.90 Å². The standard InChI is InChI=1S/C10H16F2N2O3S/c11-8(12)7-14(3-5-15)9(16)1-2-13-4-6-18-10(13)17/h8,15H,1-7H2. The molecule has 0 bridgehead atoms. The fraction of sp³-hybridized carbons (Fsp3) is 0.800. The maximum Gasteiger partial charge on any atom is 0.281 e. The molecular weight excluding hydrogens is 266 g/mol. The topological polar surface area (TPSA) is 60.9 Å². The molecule has 0 unspecified atom stereocenters. The van der Waals surface area contributed by atoms with Crippen molar-refractivity contribution in [2.45, 2.75) is 12.8 Å². The van der Waals surface area contributed by atoms with Gasteiger partial charge in [0.25, 0.3) is 11.7 Å². The maximum atomic E-state index is 12.2. The molecule has 1 saturated heterocycles. The van der Waals surface area contributed by atoms with E-state index in [1.807, 2.05) is 0 Å². The van der Waals surface area contributed by atoms with Crippen molar-refractivity contribution in [1.29, 1.82) is 0 Å². The number of alkyl halides is 2. The Labute approximate surface area is 108 Å². The lowest BCUT2D eigenvalue weighted by Gasteiger charge is -2.22. The van der Waals surface area contributed by atoms with Crippen molar-refractivity contribution in [3.8, 4) is 0 Å². The molecule has 1 rings (SSSR count). The largest absolute Gasteiger partial charge is 0.395 e. The number of carbonyl (C=O) groups excluding carboxylic acids is 2. The number of hydrogen-bond donors (Lipinski definition) is 1. The highest BCUT2D eigenvalue weighted by Crippen LogP contribution is 2.17. The molecule has 2 amide bonds. The van der Waals surface area contributed by atoms with Crippen LogP contribution in [0.15, 0.2) is 0 Å². The van der Waals surface area contributed by atoms with E-state index in [0.29, 0.717) is 12.3 Å². The molecule has 0 aromatic heterocycles. The maximum absolute atomic E-state index is 12.2. The first-order chi connectivity index (χ1) is 8.54. The van der Waals surface area contributed by atoms with Gasteiger partial charge in [-0.25, -0.2) is 8.78 Å². The second kappa shape index (κ2) is 7.52. The van der Waals surface area contributed by atoms with Crippen LogP contribution >= 0.6 is 11.8 Å². The number of aliphatic hydroxyl groups excluding tert-OH is 1. The first-order valence-electron chi connectivity index (χ1n) is 5.63. The molecule has 0 radical (unpaired) electrons. The normalized spacial score (nSPS) is 15.6. The molecule has 0 aliphatic carbocycles. The Morgan fingerprint density at radius 2 is 2.28 bits per heavy atom. The minimum Gasteiger partial charge on any atom is -0.395 e. The number of carbonyl (C=O) groups is 2. The van der Waals surface area contributed by atoms with Crippen LogP contribution in [0.5, 0.6) is 0 Å². The molecule has 8 heteroatoms. The van der Waals surface area contributed by atoms with E-state index in [1.54, 1.807) is 0 Å². The lowest BCUT2D eigenvalue weighted by atomic mass is 10.3. The summed E-state index contributed by atoms with van der Waals surface area (Å²) in [5.74, 6) is 0.235. The number of nitrogens with zero attached hydrogens (tertiary/aromatic N) is 2. The summed E-state index contributed by atoms with van der Waals surface area (Å²) in [4.78, 5) is 25.4. The van der Waals surface area contributed by atoms with Gasteiger partial charge in [-0.15, -0.1) is 0 Å². The van der Waals surface area contributed by atoms with Gasteiger partial charge in [-0.1, -0.05) is 11.8 Å². The van der Waals surface area contributed by atoms with Crippen LogP contribution in [0.2, 0.25) is 0 Å². The smallest absolute Gasteiger partial charge is 0.281 e. The van der Waals surface area contributed by atoms with Crippen molar-refractivity contribution in [3.63, 3.8) is 0 Å². The van der Waals surface area contributed by atoms with Gasteiger partial charge in [-0.2, -0.15) is 0 Å². The van der Waals surface area contributed by atoms with E-state index >= 15 is 0 Å². The van der Waals surface area contributed by atoms with E-state index in [4.69, 9.17) is 5.11 Å². The summed E-state index contributed by atoms with van der Waals surface area (Å²) >= 11 is 1.19. The average molecular weight is 282 g/mol. The number of rotatable bonds is 7. The molecule has 18 heavy (non-hydrogen) atoms. The minimum absolute atomic E-state index is 0.0129. The zero-order valence-electron chi connectivity index (χ0n) is 9.85.